The highest BCUT2D eigenvalue weighted by Gasteiger charge is 2.27. The van der Waals surface area contributed by atoms with E-state index in [4.69, 9.17) is 5.73 Å². The minimum absolute atomic E-state index is 0. The summed E-state index contributed by atoms with van der Waals surface area (Å²) in [5.41, 5.74) is 5.61. The Balaban J connectivity index is 0.00000144. The van der Waals surface area contributed by atoms with E-state index in [1.807, 2.05) is 22.4 Å². The van der Waals surface area contributed by atoms with Crippen LogP contribution in [0.4, 0.5) is 0 Å². The third-order valence-corrected chi connectivity index (χ3v) is 3.98. The molecule has 2 N–H and O–H groups in total. The number of hydrogen-bond donors (Lipinski definition) is 1. The number of rotatable bonds is 3. The summed E-state index contributed by atoms with van der Waals surface area (Å²) >= 11 is 1.52. The van der Waals surface area contributed by atoms with E-state index in [2.05, 4.69) is 0 Å². The normalized spacial score (nSPS) is 19.8. The van der Waals surface area contributed by atoms with Crippen molar-refractivity contribution in [2.45, 2.75) is 31.7 Å². The molecule has 0 spiro atoms. The lowest BCUT2D eigenvalue weighted by Gasteiger charge is -2.35. The molecule has 1 unspecified atom stereocenters. The molecular formula is C12H19ClN2OS. The Morgan fingerprint density at radius 1 is 1.53 bits per heavy atom. The highest BCUT2D eigenvalue weighted by atomic mass is 35.5. The maximum atomic E-state index is 12.2. The van der Waals surface area contributed by atoms with E-state index in [1.54, 1.807) is 0 Å². The van der Waals surface area contributed by atoms with Crippen LogP contribution in [-0.2, 0) is 0 Å². The average Bonchev–Trinajstić information content (AvgIpc) is 2.83. The fraction of sp³-hybridized carbons (Fsp3) is 0.583. The molecule has 1 atom stereocenters. The molecule has 5 heteroatoms. The molecule has 2 heterocycles. The second kappa shape index (κ2) is 6.99. The van der Waals surface area contributed by atoms with Crippen LogP contribution in [0.25, 0.3) is 0 Å². The van der Waals surface area contributed by atoms with Crippen molar-refractivity contribution in [3.8, 4) is 0 Å². The van der Waals surface area contributed by atoms with Gasteiger partial charge in [-0.25, -0.2) is 0 Å². The minimum Gasteiger partial charge on any atom is -0.335 e. The van der Waals surface area contributed by atoms with Crippen LogP contribution in [0.2, 0.25) is 0 Å². The molecule has 1 aliphatic heterocycles. The minimum atomic E-state index is 0. The fourth-order valence-corrected chi connectivity index (χ4v) is 2.98. The number of carbonyl (C=O) groups is 1. The predicted molar refractivity (Wildman–Crippen MR) is 73.9 cm³/mol. The Labute approximate surface area is 112 Å². The molecular weight excluding hydrogens is 256 g/mol. The summed E-state index contributed by atoms with van der Waals surface area (Å²) in [5, 5.41) is 1.95. The lowest BCUT2D eigenvalue weighted by Crippen LogP contribution is -2.44. The largest absolute Gasteiger partial charge is 0.335 e. The summed E-state index contributed by atoms with van der Waals surface area (Å²) in [5.74, 6) is 0.188. The van der Waals surface area contributed by atoms with Gasteiger partial charge in [0.1, 0.15) is 0 Å². The molecule has 0 saturated carbocycles. The third-order valence-electron chi connectivity index (χ3n) is 3.12. The van der Waals surface area contributed by atoms with Crippen LogP contribution in [0.3, 0.4) is 0 Å². The fourth-order valence-electron chi connectivity index (χ4n) is 2.30. The van der Waals surface area contributed by atoms with E-state index in [-0.39, 0.29) is 18.3 Å². The molecule has 0 bridgehead atoms. The third kappa shape index (κ3) is 3.44. The second-order valence-electron chi connectivity index (χ2n) is 4.20. The van der Waals surface area contributed by atoms with Crippen LogP contribution in [0.1, 0.15) is 35.4 Å². The zero-order valence-electron chi connectivity index (χ0n) is 9.80. The van der Waals surface area contributed by atoms with Gasteiger partial charge in [0.2, 0.25) is 0 Å². The topological polar surface area (TPSA) is 46.3 Å². The molecule has 17 heavy (non-hydrogen) atoms. The second-order valence-corrected chi connectivity index (χ2v) is 5.15. The number of piperidine rings is 1. The Morgan fingerprint density at radius 2 is 2.35 bits per heavy atom. The first-order valence-corrected chi connectivity index (χ1v) is 6.75. The van der Waals surface area contributed by atoms with Gasteiger partial charge in [-0.2, -0.15) is 0 Å². The predicted octanol–water partition coefficient (Wildman–Crippen LogP) is 2.51. The van der Waals surface area contributed by atoms with Gasteiger partial charge in [-0.3, -0.25) is 4.79 Å². The van der Waals surface area contributed by atoms with Gasteiger partial charge in [0.25, 0.3) is 5.91 Å². The van der Waals surface area contributed by atoms with Crippen molar-refractivity contribution in [3.05, 3.63) is 22.4 Å². The number of hydrogen-bond acceptors (Lipinski definition) is 3. The van der Waals surface area contributed by atoms with Gasteiger partial charge in [-0.15, -0.1) is 23.7 Å². The summed E-state index contributed by atoms with van der Waals surface area (Å²) in [7, 11) is 0. The van der Waals surface area contributed by atoms with E-state index in [0.29, 0.717) is 12.6 Å². The van der Waals surface area contributed by atoms with Crippen molar-refractivity contribution in [1.29, 1.82) is 0 Å². The molecule has 0 aromatic carbocycles. The molecule has 0 radical (unpaired) electrons. The highest BCUT2D eigenvalue weighted by Crippen LogP contribution is 2.23. The number of nitrogens with two attached hydrogens (primary N) is 1. The Hall–Kier alpha value is -0.580. The van der Waals surface area contributed by atoms with Gasteiger partial charge in [0, 0.05) is 12.6 Å². The van der Waals surface area contributed by atoms with Gasteiger partial charge in [0.05, 0.1) is 4.88 Å². The van der Waals surface area contributed by atoms with Crippen molar-refractivity contribution >= 4 is 29.7 Å². The van der Waals surface area contributed by atoms with E-state index < -0.39 is 0 Å². The SMILES string of the molecule is Cl.NCCC1CCCCN1C(=O)c1cccs1. The van der Waals surface area contributed by atoms with Crippen LogP contribution in [0.15, 0.2) is 17.5 Å². The van der Waals surface area contributed by atoms with E-state index >= 15 is 0 Å². The molecule has 1 saturated heterocycles. The van der Waals surface area contributed by atoms with Crippen LogP contribution in [-0.4, -0.2) is 29.9 Å². The molecule has 3 nitrogen and oxygen atoms in total. The zero-order chi connectivity index (χ0) is 11.4. The van der Waals surface area contributed by atoms with Gasteiger partial charge >= 0.3 is 0 Å². The van der Waals surface area contributed by atoms with Crippen molar-refractivity contribution in [1.82, 2.24) is 4.90 Å². The number of thiophene rings is 1. The molecule has 96 valence electrons. The van der Waals surface area contributed by atoms with Gasteiger partial charge in [-0.05, 0) is 43.7 Å². The standard InChI is InChI=1S/C12H18N2OS.ClH/c13-7-6-10-4-1-2-8-14(10)12(15)11-5-3-9-16-11;/h3,5,9-10H,1-2,4,6-8,13H2;1H. The number of halogens is 1. The highest BCUT2D eigenvalue weighted by molar-refractivity contribution is 7.12. The van der Waals surface area contributed by atoms with Crippen molar-refractivity contribution in [2.75, 3.05) is 13.1 Å². The maximum Gasteiger partial charge on any atom is 0.264 e. The number of carbonyl (C=O) groups excluding carboxylic acids is 1. The van der Waals surface area contributed by atoms with E-state index in [0.717, 1.165) is 30.7 Å². The summed E-state index contributed by atoms with van der Waals surface area (Å²) in [6, 6.07) is 4.19. The van der Waals surface area contributed by atoms with Crippen molar-refractivity contribution in [3.63, 3.8) is 0 Å². The Bertz CT molecular complexity index is 340. The first kappa shape index (κ1) is 14.5. The summed E-state index contributed by atoms with van der Waals surface area (Å²) in [6.07, 6.45) is 4.38. The lowest BCUT2D eigenvalue weighted by molar-refractivity contribution is 0.0610. The summed E-state index contributed by atoms with van der Waals surface area (Å²) in [6.45, 7) is 1.56. The molecule has 2 rings (SSSR count). The monoisotopic (exact) mass is 274 g/mol. The molecule has 1 aromatic heterocycles. The molecule has 1 aliphatic rings. The van der Waals surface area contributed by atoms with E-state index in [9.17, 15) is 4.79 Å². The van der Waals surface area contributed by atoms with Gasteiger partial charge in [-0.1, -0.05) is 6.07 Å². The zero-order valence-corrected chi connectivity index (χ0v) is 11.4. The quantitative estimate of drug-likeness (QED) is 0.921. The lowest BCUT2D eigenvalue weighted by atomic mass is 9.99. The maximum absolute atomic E-state index is 12.2. The van der Waals surface area contributed by atoms with E-state index in [1.165, 1.54) is 17.8 Å². The van der Waals surface area contributed by atoms with Crippen molar-refractivity contribution < 1.29 is 4.79 Å². The first-order chi connectivity index (χ1) is 7.83. The molecule has 0 aliphatic carbocycles. The smallest absolute Gasteiger partial charge is 0.264 e. The summed E-state index contributed by atoms with van der Waals surface area (Å²) in [4.78, 5) is 15.1. The van der Waals surface area contributed by atoms with Gasteiger partial charge in [0.15, 0.2) is 0 Å². The Morgan fingerprint density at radius 3 is 3.00 bits per heavy atom. The van der Waals surface area contributed by atoms with Crippen LogP contribution >= 0.6 is 23.7 Å². The average molecular weight is 275 g/mol. The summed E-state index contributed by atoms with van der Waals surface area (Å²) < 4.78 is 0. The molecule has 1 amide bonds. The number of nitrogens with zero attached hydrogens (tertiary/aromatic N) is 1. The van der Waals surface area contributed by atoms with Crippen LogP contribution in [0.5, 0.6) is 0 Å². The molecule has 1 aromatic rings. The van der Waals surface area contributed by atoms with Crippen molar-refractivity contribution in [2.24, 2.45) is 5.73 Å². The number of amides is 1. The molecule has 1 fully saturated rings. The first-order valence-electron chi connectivity index (χ1n) is 5.87. The van der Waals surface area contributed by atoms with Crippen LogP contribution in [0, 0.1) is 0 Å². The number of likely N-dealkylation sites (tertiary alicyclic amines) is 1. The Kier molecular flexibility index (Phi) is 5.95. The van der Waals surface area contributed by atoms with Gasteiger partial charge < -0.3 is 10.6 Å². The van der Waals surface area contributed by atoms with Crippen LogP contribution < -0.4 is 5.73 Å².